The smallest absolute Gasteiger partial charge is 0.200 e. The quantitative estimate of drug-likeness (QED) is 0.616. The van der Waals surface area contributed by atoms with Gasteiger partial charge in [0, 0.05) is 13.1 Å². The van der Waals surface area contributed by atoms with Gasteiger partial charge in [0.05, 0.1) is 34.2 Å². The van der Waals surface area contributed by atoms with Crippen LogP contribution in [0.25, 0.3) is 11.0 Å². The van der Waals surface area contributed by atoms with Crippen LogP contribution in [0.2, 0.25) is 0 Å². The summed E-state index contributed by atoms with van der Waals surface area (Å²) < 4.78 is 32.7. The number of sulfone groups is 1. The van der Waals surface area contributed by atoms with Crippen LogP contribution in [0.3, 0.4) is 0 Å². The number of rotatable bonds is 4. The van der Waals surface area contributed by atoms with Gasteiger partial charge in [-0.2, -0.15) is 5.26 Å². The van der Waals surface area contributed by atoms with Crippen LogP contribution in [0, 0.1) is 18.3 Å². The molecule has 160 valence electrons. The molecule has 1 aromatic heterocycles. The van der Waals surface area contributed by atoms with Gasteiger partial charge in [-0.05, 0) is 45.0 Å². The molecule has 0 radical (unpaired) electrons. The number of nitrogens with zero attached hydrogens (tertiary/aromatic N) is 4. The molecule has 0 unspecified atom stereocenters. The third-order valence-corrected chi connectivity index (χ3v) is 7.20. The molecule has 0 spiro atoms. The Bertz CT molecular complexity index is 1240. The van der Waals surface area contributed by atoms with Crippen LogP contribution < -0.4 is 4.90 Å². The Labute approximate surface area is 182 Å². The standard InChI is InChI=1S/C23H24N4O3S/c1-15-8-10-18(11-9-15)31(28,29)21(12-24)22-23(27-13-16(2)30-17(3)14-27)26-20-7-5-4-6-19(20)25-22/h4-11,16-17,21H,13-14H2,1-3H3/t16-,17-,21+/m0/s1. The first kappa shape index (κ1) is 21.2. The number of para-hydroxylation sites is 2. The maximum absolute atomic E-state index is 13.4. The topological polar surface area (TPSA) is 96.2 Å². The Kier molecular flexibility index (Phi) is 5.65. The minimum Gasteiger partial charge on any atom is -0.372 e. The largest absolute Gasteiger partial charge is 0.372 e. The first-order valence-corrected chi connectivity index (χ1v) is 11.7. The highest BCUT2D eigenvalue weighted by atomic mass is 32.2. The Morgan fingerprint density at radius 3 is 2.19 bits per heavy atom. The number of morpholine rings is 1. The van der Waals surface area contributed by atoms with Crippen molar-refractivity contribution in [2.75, 3.05) is 18.0 Å². The van der Waals surface area contributed by atoms with Gasteiger partial charge in [-0.3, -0.25) is 0 Å². The van der Waals surface area contributed by atoms with Gasteiger partial charge in [0.2, 0.25) is 9.84 Å². The monoisotopic (exact) mass is 436 g/mol. The molecular formula is C23H24N4O3S. The molecule has 0 N–H and O–H groups in total. The summed E-state index contributed by atoms with van der Waals surface area (Å²) in [6.07, 6.45) is -0.113. The minimum atomic E-state index is -4.00. The predicted octanol–water partition coefficient (Wildman–Crippen LogP) is 3.59. The SMILES string of the molecule is Cc1ccc(S(=O)(=O)[C@H](C#N)c2nc3ccccc3nc2N2C[C@H](C)O[C@@H](C)C2)cc1. The van der Waals surface area contributed by atoms with E-state index in [4.69, 9.17) is 9.72 Å². The zero-order valence-corrected chi connectivity index (χ0v) is 18.5. The van der Waals surface area contributed by atoms with Gasteiger partial charge >= 0.3 is 0 Å². The van der Waals surface area contributed by atoms with Gasteiger partial charge in [0.1, 0.15) is 5.69 Å². The van der Waals surface area contributed by atoms with Gasteiger partial charge in [0.15, 0.2) is 11.1 Å². The zero-order chi connectivity index (χ0) is 22.2. The average Bonchev–Trinajstić information content (AvgIpc) is 2.73. The number of aryl methyl sites for hydroxylation is 1. The summed E-state index contributed by atoms with van der Waals surface area (Å²) in [4.78, 5) is 11.5. The number of benzene rings is 2. The third-order valence-electron chi connectivity index (χ3n) is 5.32. The molecular weight excluding hydrogens is 412 g/mol. The molecule has 31 heavy (non-hydrogen) atoms. The van der Waals surface area contributed by atoms with Crippen LogP contribution >= 0.6 is 0 Å². The predicted molar refractivity (Wildman–Crippen MR) is 118 cm³/mol. The molecule has 1 aliphatic rings. The zero-order valence-electron chi connectivity index (χ0n) is 17.7. The normalized spacial score (nSPS) is 20.4. The molecule has 7 nitrogen and oxygen atoms in total. The van der Waals surface area contributed by atoms with Crippen molar-refractivity contribution in [1.82, 2.24) is 9.97 Å². The van der Waals surface area contributed by atoms with E-state index < -0.39 is 15.1 Å². The van der Waals surface area contributed by atoms with Crippen LogP contribution in [0.1, 0.15) is 30.4 Å². The molecule has 3 atom stereocenters. The van der Waals surface area contributed by atoms with E-state index in [-0.39, 0.29) is 22.8 Å². The second kappa shape index (κ2) is 8.25. The lowest BCUT2D eigenvalue weighted by Crippen LogP contribution is -2.46. The Morgan fingerprint density at radius 2 is 1.61 bits per heavy atom. The first-order chi connectivity index (χ1) is 14.8. The van der Waals surface area contributed by atoms with E-state index in [2.05, 4.69) is 4.98 Å². The Balaban J connectivity index is 1.90. The fourth-order valence-corrected chi connectivity index (χ4v) is 5.28. The molecule has 0 bridgehead atoms. The summed E-state index contributed by atoms with van der Waals surface area (Å²) in [6, 6.07) is 15.8. The Morgan fingerprint density at radius 1 is 1.03 bits per heavy atom. The molecule has 2 aromatic carbocycles. The fraction of sp³-hybridized carbons (Fsp3) is 0.348. The van der Waals surface area contributed by atoms with Crippen molar-refractivity contribution in [3.8, 4) is 6.07 Å². The lowest BCUT2D eigenvalue weighted by atomic mass is 10.2. The molecule has 1 aliphatic heterocycles. The van der Waals surface area contributed by atoms with E-state index in [0.29, 0.717) is 29.9 Å². The average molecular weight is 437 g/mol. The van der Waals surface area contributed by atoms with Crippen LogP contribution in [-0.2, 0) is 14.6 Å². The summed E-state index contributed by atoms with van der Waals surface area (Å²) >= 11 is 0. The summed E-state index contributed by atoms with van der Waals surface area (Å²) in [6.45, 7) is 6.87. The fourth-order valence-electron chi connectivity index (χ4n) is 3.91. The maximum Gasteiger partial charge on any atom is 0.200 e. The molecule has 0 amide bonds. The van der Waals surface area contributed by atoms with E-state index in [0.717, 1.165) is 5.56 Å². The second-order valence-corrected chi connectivity index (χ2v) is 9.98. The van der Waals surface area contributed by atoms with E-state index in [1.165, 1.54) is 12.1 Å². The van der Waals surface area contributed by atoms with Crippen molar-refractivity contribution in [1.29, 1.82) is 5.26 Å². The van der Waals surface area contributed by atoms with E-state index in [1.54, 1.807) is 18.2 Å². The van der Waals surface area contributed by atoms with Crippen molar-refractivity contribution in [2.45, 2.75) is 43.1 Å². The molecule has 3 aromatic rings. The van der Waals surface area contributed by atoms with Gasteiger partial charge in [-0.25, -0.2) is 18.4 Å². The number of fused-ring (bicyclic) bond motifs is 1. The van der Waals surface area contributed by atoms with Crippen LogP contribution in [0.15, 0.2) is 53.4 Å². The number of hydrogen-bond donors (Lipinski definition) is 0. The first-order valence-electron chi connectivity index (χ1n) is 10.2. The number of aromatic nitrogens is 2. The highest BCUT2D eigenvalue weighted by molar-refractivity contribution is 7.92. The van der Waals surface area contributed by atoms with Gasteiger partial charge in [0.25, 0.3) is 0 Å². The van der Waals surface area contributed by atoms with Crippen LogP contribution in [0.5, 0.6) is 0 Å². The highest BCUT2D eigenvalue weighted by Crippen LogP contribution is 2.35. The van der Waals surface area contributed by atoms with Crippen molar-refractivity contribution >= 4 is 26.7 Å². The molecule has 8 heteroatoms. The van der Waals surface area contributed by atoms with Crippen molar-refractivity contribution in [3.05, 3.63) is 59.8 Å². The van der Waals surface area contributed by atoms with Crippen molar-refractivity contribution in [2.24, 2.45) is 0 Å². The number of ether oxygens (including phenoxy) is 1. The molecule has 0 saturated carbocycles. The van der Waals surface area contributed by atoms with E-state index >= 15 is 0 Å². The summed E-state index contributed by atoms with van der Waals surface area (Å²) in [5.74, 6) is 0.419. The molecule has 1 saturated heterocycles. The van der Waals surface area contributed by atoms with Crippen LogP contribution in [0.4, 0.5) is 5.82 Å². The highest BCUT2D eigenvalue weighted by Gasteiger charge is 2.36. The summed E-state index contributed by atoms with van der Waals surface area (Å²) in [5.41, 5.74) is 2.30. The van der Waals surface area contributed by atoms with Crippen LogP contribution in [-0.4, -0.2) is 43.7 Å². The van der Waals surface area contributed by atoms with Gasteiger partial charge in [-0.1, -0.05) is 29.8 Å². The second-order valence-electron chi connectivity index (χ2n) is 7.95. The Hall–Kier alpha value is -3.02. The van der Waals surface area contributed by atoms with Gasteiger partial charge < -0.3 is 9.64 Å². The lowest BCUT2D eigenvalue weighted by Gasteiger charge is -2.37. The maximum atomic E-state index is 13.4. The van der Waals surface area contributed by atoms with E-state index in [9.17, 15) is 13.7 Å². The summed E-state index contributed by atoms with van der Waals surface area (Å²) in [7, 11) is -4.00. The van der Waals surface area contributed by atoms with Gasteiger partial charge in [-0.15, -0.1) is 0 Å². The van der Waals surface area contributed by atoms with Crippen molar-refractivity contribution in [3.63, 3.8) is 0 Å². The molecule has 0 aliphatic carbocycles. The third kappa shape index (κ3) is 4.11. The number of nitriles is 1. The number of anilines is 1. The molecule has 4 rings (SSSR count). The van der Waals surface area contributed by atoms with E-state index in [1.807, 2.05) is 49.9 Å². The molecule has 2 heterocycles. The van der Waals surface area contributed by atoms with Crippen molar-refractivity contribution < 1.29 is 13.2 Å². The number of hydrogen-bond acceptors (Lipinski definition) is 7. The lowest BCUT2D eigenvalue weighted by molar-refractivity contribution is -0.00550. The molecule has 1 fully saturated rings. The summed E-state index contributed by atoms with van der Waals surface area (Å²) in [5, 5.41) is 8.51. The minimum absolute atomic E-state index is 0.0564.